The predicted octanol–water partition coefficient (Wildman–Crippen LogP) is 2.83. The van der Waals surface area contributed by atoms with E-state index in [1.54, 1.807) is 12.1 Å². The van der Waals surface area contributed by atoms with E-state index in [-0.39, 0.29) is 6.42 Å². The Bertz CT molecular complexity index is 688. The maximum atomic E-state index is 12.4. The van der Waals surface area contributed by atoms with Gasteiger partial charge in [0.05, 0.1) is 19.6 Å². The van der Waals surface area contributed by atoms with Crippen molar-refractivity contribution in [2.24, 2.45) is 0 Å². The van der Waals surface area contributed by atoms with Crippen LogP contribution in [0.3, 0.4) is 0 Å². The van der Waals surface area contributed by atoms with E-state index in [0.29, 0.717) is 5.56 Å². The summed E-state index contributed by atoms with van der Waals surface area (Å²) in [6.45, 7) is 0. The van der Waals surface area contributed by atoms with Crippen molar-refractivity contribution in [2.75, 3.05) is 7.11 Å². The largest absolute Gasteiger partial charge is 0.469 e. The number of rotatable bonds is 5. The molecule has 4 nitrogen and oxygen atoms in total. The van der Waals surface area contributed by atoms with E-state index < -0.39 is 24.3 Å². The Morgan fingerprint density at radius 2 is 1.82 bits per heavy atom. The average Bonchev–Trinajstić information content (AvgIpc) is 2.53. The van der Waals surface area contributed by atoms with E-state index in [1.807, 2.05) is 30.3 Å². The van der Waals surface area contributed by atoms with Crippen molar-refractivity contribution in [2.45, 2.75) is 18.9 Å². The van der Waals surface area contributed by atoms with E-state index in [4.69, 9.17) is 0 Å². The molecule has 1 atom stereocenters. The second-order valence-electron chi connectivity index (χ2n) is 4.75. The van der Waals surface area contributed by atoms with Crippen LogP contribution in [-0.2, 0) is 14.3 Å². The monoisotopic (exact) mass is 307 g/mol. The molecule has 0 radical (unpaired) electrons. The lowest BCUT2D eigenvalue weighted by atomic mass is 9.99. The lowest BCUT2D eigenvalue weighted by Gasteiger charge is -2.18. The minimum Gasteiger partial charge on any atom is -0.469 e. The maximum absolute atomic E-state index is 12.4. The van der Waals surface area contributed by atoms with Gasteiger partial charge in [-0.2, -0.15) is 8.78 Å². The first-order valence-electron chi connectivity index (χ1n) is 6.65. The molecular formula is C16H15F2NO3. The Balaban J connectivity index is 2.32. The van der Waals surface area contributed by atoms with E-state index in [9.17, 15) is 18.4 Å². The van der Waals surface area contributed by atoms with E-state index in [2.05, 4.69) is 10.1 Å². The minimum absolute atomic E-state index is 0.215. The molecule has 2 rings (SSSR count). The van der Waals surface area contributed by atoms with Crippen molar-refractivity contribution in [3.8, 4) is 0 Å². The summed E-state index contributed by atoms with van der Waals surface area (Å²) in [5.74, 6) is -2.00. The molecule has 22 heavy (non-hydrogen) atoms. The molecule has 0 aromatic heterocycles. The van der Waals surface area contributed by atoms with Crippen LogP contribution >= 0.6 is 0 Å². The summed E-state index contributed by atoms with van der Waals surface area (Å²) in [6.07, 6.45) is -3.35. The van der Waals surface area contributed by atoms with Crippen molar-refractivity contribution in [3.63, 3.8) is 0 Å². The molecule has 0 aliphatic carbocycles. The number of alkyl halides is 2. The topological polar surface area (TPSA) is 55.4 Å². The normalized spacial score (nSPS) is 12.2. The zero-order chi connectivity index (χ0) is 16.1. The molecule has 0 unspecified atom stereocenters. The number of nitrogens with one attached hydrogen (secondary N) is 1. The molecular weight excluding hydrogens is 292 g/mol. The fourth-order valence-electron chi connectivity index (χ4n) is 2.16. The van der Waals surface area contributed by atoms with Crippen molar-refractivity contribution >= 4 is 22.6 Å². The van der Waals surface area contributed by atoms with Gasteiger partial charge in [-0.25, -0.2) is 0 Å². The third-order valence-corrected chi connectivity index (χ3v) is 3.29. The third-order valence-electron chi connectivity index (χ3n) is 3.29. The van der Waals surface area contributed by atoms with Gasteiger partial charge in [-0.1, -0.05) is 36.4 Å². The smallest absolute Gasteiger partial charge is 0.315 e. The number of esters is 1. The molecule has 0 heterocycles. The molecule has 0 fully saturated rings. The van der Waals surface area contributed by atoms with E-state index in [0.717, 1.165) is 10.8 Å². The Labute approximate surface area is 126 Å². The molecule has 0 saturated heterocycles. The quantitative estimate of drug-likeness (QED) is 0.864. The fourth-order valence-corrected chi connectivity index (χ4v) is 2.16. The first-order valence-corrected chi connectivity index (χ1v) is 6.65. The molecule has 0 aliphatic heterocycles. The van der Waals surface area contributed by atoms with Crippen LogP contribution in [0.15, 0.2) is 42.5 Å². The van der Waals surface area contributed by atoms with Gasteiger partial charge in [-0.3, -0.25) is 9.59 Å². The van der Waals surface area contributed by atoms with Crippen LogP contribution in [0.2, 0.25) is 0 Å². The zero-order valence-electron chi connectivity index (χ0n) is 11.9. The number of methoxy groups -OCH3 is 1. The number of halogens is 2. The Kier molecular flexibility index (Phi) is 5.04. The first kappa shape index (κ1) is 15.9. The van der Waals surface area contributed by atoms with Crippen LogP contribution in [-0.4, -0.2) is 25.4 Å². The Hall–Kier alpha value is -2.50. The first-order chi connectivity index (χ1) is 10.5. The highest BCUT2D eigenvalue weighted by Crippen LogP contribution is 2.23. The highest BCUT2D eigenvalue weighted by molar-refractivity contribution is 5.84. The molecule has 2 aromatic carbocycles. The maximum Gasteiger partial charge on any atom is 0.315 e. The van der Waals surface area contributed by atoms with Crippen LogP contribution in [0, 0.1) is 0 Å². The summed E-state index contributed by atoms with van der Waals surface area (Å²) in [7, 11) is 1.20. The standard InChI is InChI=1S/C16H15F2NO3/c1-22-14(20)9-13(19-16(21)15(17)18)12-7-6-10-4-2-3-5-11(10)8-12/h2-8,13,15H,9H2,1H3,(H,19,21)/t13-/m1/s1. The van der Waals surface area contributed by atoms with Gasteiger partial charge >= 0.3 is 12.4 Å². The predicted molar refractivity (Wildman–Crippen MR) is 77.5 cm³/mol. The summed E-state index contributed by atoms with van der Waals surface area (Å²) in [4.78, 5) is 22.7. The number of fused-ring (bicyclic) bond motifs is 1. The van der Waals surface area contributed by atoms with Gasteiger partial charge in [0.2, 0.25) is 0 Å². The van der Waals surface area contributed by atoms with Gasteiger partial charge in [0, 0.05) is 0 Å². The zero-order valence-corrected chi connectivity index (χ0v) is 11.9. The number of hydrogen-bond acceptors (Lipinski definition) is 3. The van der Waals surface area contributed by atoms with Crippen molar-refractivity contribution in [1.29, 1.82) is 0 Å². The van der Waals surface area contributed by atoms with Gasteiger partial charge in [0.1, 0.15) is 0 Å². The molecule has 1 N–H and O–H groups in total. The lowest BCUT2D eigenvalue weighted by Crippen LogP contribution is -2.34. The number of ether oxygens (including phenoxy) is 1. The molecule has 116 valence electrons. The average molecular weight is 307 g/mol. The Morgan fingerprint density at radius 1 is 1.14 bits per heavy atom. The number of carbonyl (C=O) groups excluding carboxylic acids is 2. The minimum atomic E-state index is -3.14. The second-order valence-corrected chi connectivity index (χ2v) is 4.75. The molecule has 6 heteroatoms. The van der Waals surface area contributed by atoms with Gasteiger partial charge in [-0.05, 0) is 22.4 Å². The molecule has 0 spiro atoms. The molecule has 0 bridgehead atoms. The highest BCUT2D eigenvalue weighted by Gasteiger charge is 2.23. The van der Waals surface area contributed by atoms with E-state index >= 15 is 0 Å². The van der Waals surface area contributed by atoms with Gasteiger partial charge in [-0.15, -0.1) is 0 Å². The van der Waals surface area contributed by atoms with Crippen LogP contribution in [0.25, 0.3) is 10.8 Å². The van der Waals surface area contributed by atoms with Crippen LogP contribution in [0.4, 0.5) is 8.78 Å². The fraction of sp³-hybridized carbons (Fsp3) is 0.250. The van der Waals surface area contributed by atoms with Crippen molar-refractivity contribution in [1.82, 2.24) is 5.32 Å². The van der Waals surface area contributed by atoms with E-state index in [1.165, 1.54) is 7.11 Å². The number of hydrogen-bond donors (Lipinski definition) is 1. The highest BCUT2D eigenvalue weighted by atomic mass is 19.3. The number of benzene rings is 2. The van der Waals surface area contributed by atoms with Gasteiger partial charge in [0.25, 0.3) is 5.91 Å². The summed E-state index contributed by atoms with van der Waals surface area (Å²) in [5.41, 5.74) is 0.568. The molecule has 0 aliphatic rings. The second kappa shape index (κ2) is 6.98. The molecule has 0 saturated carbocycles. The van der Waals surface area contributed by atoms with Crippen LogP contribution in [0.1, 0.15) is 18.0 Å². The number of amides is 1. The van der Waals surface area contributed by atoms with Gasteiger partial charge < -0.3 is 10.1 Å². The van der Waals surface area contributed by atoms with Crippen LogP contribution in [0.5, 0.6) is 0 Å². The van der Waals surface area contributed by atoms with Crippen molar-refractivity contribution in [3.05, 3.63) is 48.0 Å². The summed E-state index contributed by atoms with van der Waals surface area (Å²) in [5, 5.41) is 4.04. The SMILES string of the molecule is COC(=O)C[C@@H](NC(=O)C(F)F)c1ccc2ccccc2c1. The summed E-state index contributed by atoms with van der Waals surface area (Å²) < 4.78 is 29.5. The van der Waals surface area contributed by atoms with Crippen LogP contribution < -0.4 is 5.32 Å². The number of carbonyl (C=O) groups is 2. The van der Waals surface area contributed by atoms with Crippen molar-refractivity contribution < 1.29 is 23.1 Å². The lowest BCUT2D eigenvalue weighted by molar-refractivity contribution is -0.141. The third kappa shape index (κ3) is 3.78. The summed E-state index contributed by atoms with van der Waals surface area (Å²) in [6, 6.07) is 11.9. The molecule has 2 aromatic rings. The summed E-state index contributed by atoms with van der Waals surface area (Å²) >= 11 is 0. The Morgan fingerprint density at radius 3 is 2.45 bits per heavy atom. The molecule has 1 amide bonds. The van der Waals surface area contributed by atoms with Gasteiger partial charge in [0.15, 0.2) is 0 Å².